The maximum Gasteiger partial charge on any atom is 0.230 e. The van der Waals surface area contributed by atoms with Crippen molar-refractivity contribution in [2.45, 2.75) is 19.3 Å². The number of rotatable bonds is 8. The van der Waals surface area contributed by atoms with E-state index < -0.39 is 0 Å². The van der Waals surface area contributed by atoms with Gasteiger partial charge in [-0.05, 0) is 38.3 Å². The number of Topliss-reactive ketones (excluding diaryl/α,β-unsaturated/α-hetero) is 1. The van der Waals surface area contributed by atoms with Gasteiger partial charge in [0.2, 0.25) is 5.91 Å². The molecule has 0 radical (unpaired) electrons. The van der Waals surface area contributed by atoms with Crippen molar-refractivity contribution < 1.29 is 9.59 Å². The summed E-state index contributed by atoms with van der Waals surface area (Å²) in [5.74, 6) is 1.48. The van der Waals surface area contributed by atoms with Crippen LogP contribution in [-0.2, 0) is 4.79 Å². The quantitative estimate of drug-likeness (QED) is 0.720. The molecular weight excluding hydrogens is 296 g/mol. The van der Waals surface area contributed by atoms with E-state index in [1.54, 1.807) is 12.1 Å². The summed E-state index contributed by atoms with van der Waals surface area (Å²) < 4.78 is 0. The molecule has 1 fully saturated rings. The van der Waals surface area contributed by atoms with Crippen LogP contribution in [0.4, 0.5) is 0 Å². The predicted octanol–water partition coefficient (Wildman–Crippen LogP) is 2.11. The average molecular weight is 320 g/mol. The van der Waals surface area contributed by atoms with Gasteiger partial charge in [0.05, 0.1) is 11.5 Å². The zero-order valence-electron chi connectivity index (χ0n) is 12.8. The molecule has 1 atom stereocenters. The standard InChI is InChI=1S/C17H24N2O2S/c20-16(15-6-2-1-3-7-15)12-22-13-17(21)19-10-8-14-5-4-9-18-11-14/h1-3,6-7,14,18H,4-5,8-13H2,(H,19,21). The van der Waals surface area contributed by atoms with Gasteiger partial charge in [-0.1, -0.05) is 30.3 Å². The lowest BCUT2D eigenvalue weighted by atomic mass is 9.96. The Labute approximate surface area is 136 Å². The molecule has 0 aliphatic carbocycles. The van der Waals surface area contributed by atoms with Crippen molar-refractivity contribution >= 4 is 23.5 Å². The van der Waals surface area contributed by atoms with Gasteiger partial charge in [-0.3, -0.25) is 9.59 Å². The summed E-state index contributed by atoms with van der Waals surface area (Å²) in [5.41, 5.74) is 0.709. The Morgan fingerprint density at radius 3 is 2.77 bits per heavy atom. The first kappa shape index (κ1) is 17.0. The van der Waals surface area contributed by atoms with E-state index in [0.717, 1.165) is 26.1 Å². The number of hydrogen-bond acceptors (Lipinski definition) is 4. The number of benzene rings is 1. The number of piperidine rings is 1. The van der Waals surface area contributed by atoms with E-state index in [9.17, 15) is 9.59 Å². The second-order valence-corrected chi connectivity index (χ2v) is 6.62. The first-order chi connectivity index (χ1) is 10.8. The zero-order chi connectivity index (χ0) is 15.6. The number of hydrogen-bond donors (Lipinski definition) is 2. The van der Waals surface area contributed by atoms with E-state index in [1.165, 1.54) is 24.6 Å². The average Bonchev–Trinajstić information content (AvgIpc) is 2.56. The van der Waals surface area contributed by atoms with Crippen molar-refractivity contribution in [2.24, 2.45) is 5.92 Å². The molecular formula is C17H24N2O2S. The van der Waals surface area contributed by atoms with Gasteiger partial charge in [0.15, 0.2) is 5.78 Å². The Morgan fingerprint density at radius 2 is 2.05 bits per heavy atom. The highest BCUT2D eigenvalue weighted by molar-refractivity contribution is 8.00. The zero-order valence-corrected chi connectivity index (χ0v) is 13.7. The second-order valence-electron chi connectivity index (χ2n) is 5.63. The van der Waals surface area contributed by atoms with Crippen LogP contribution in [-0.4, -0.2) is 42.8 Å². The van der Waals surface area contributed by atoms with Crippen molar-refractivity contribution in [1.82, 2.24) is 10.6 Å². The SMILES string of the molecule is O=C(CSCC(=O)c1ccccc1)NCCC1CCCNC1. The van der Waals surface area contributed by atoms with Crippen LogP contribution in [0.1, 0.15) is 29.6 Å². The monoisotopic (exact) mass is 320 g/mol. The molecule has 1 unspecified atom stereocenters. The van der Waals surface area contributed by atoms with Crippen LogP contribution in [0, 0.1) is 5.92 Å². The first-order valence-electron chi connectivity index (χ1n) is 7.89. The maximum absolute atomic E-state index is 11.9. The van der Waals surface area contributed by atoms with Crippen LogP contribution in [0.2, 0.25) is 0 Å². The molecule has 0 aromatic heterocycles. The summed E-state index contributed by atoms with van der Waals surface area (Å²) in [6, 6.07) is 9.21. The fourth-order valence-electron chi connectivity index (χ4n) is 2.58. The molecule has 1 aliphatic heterocycles. The summed E-state index contributed by atoms with van der Waals surface area (Å²) in [6.45, 7) is 2.92. The van der Waals surface area contributed by atoms with E-state index >= 15 is 0 Å². The predicted molar refractivity (Wildman–Crippen MR) is 91.3 cm³/mol. The molecule has 2 N–H and O–H groups in total. The normalized spacial score (nSPS) is 17.9. The molecule has 4 nitrogen and oxygen atoms in total. The number of nitrogens with one attached hydrogen (secondary N) is 2. The summed E-state index contributed by atoms with van der Waals surface area (Å²) in [5, 5.41) is 6.33. The Kier molecular flexibility index (Phi) is 7.46. The van der Waals surface area contributed by atoms with Gasteiger partial charge in [-0.25, -0.2) is 0 Å². The van der Waals surface area contributed by atoms with E-state index in [2.05, 4.69) is 10.6 Å². The highest BCUT2D eigenvalue weighted by atomic mass is 32.2. The highest BCUT2D eigenvalue weighted by Crippen LogP contribution is 2.13. The van der Waals surface area contributed by atoms with Gasteiger partial charge in [0.1, 0.15) is 0 Å². The van der Waals surface area contributed by atoms with Crippen molar-refractivity contribution in [3.05, 3.63) is 35.9 Å². The molecule has 1 aromatic rings. The van der Waals surface area contributed by atoms with Gasteiger partial charge < -0.3 is 10.6 Å². The second kappa shape index (κ2) is 9.64. The summed E-state index contributed by atoms with van der Waals surface area (Å²) >= 11 is 1.38. The molecule has 5 heteroatoms. The minimum absolute atomic E-state index is 0.0228. The molecule has 1 aromatic carbocycles. The minimum Gasteiger partial charge on any atom is -0.355 e. The summed E-state index contributed by atoms with van der Waals surface area (Å²) in [6.07, 6.45) is 3.52. The molecule has 1 amide bonds. The summed E-state index contributed by atoms with van der Waals surface area (Å²) in [4.78, 5) is 23.6. The molecule has 1 aliphatic rings. The van der Waals surface area contributed by atoms with E-state index in [4.69, 9.17) is 0 Å². The van der Waals surface area contributed by atoms with Gasteiger partial charge in [0.25, 0.3) is 0 Å². The third kappa shape index (κ3) is 6.20. The fourth-order valence-corrected chi connectivity index (χ4v) is 3.32. The van der Waals surface area contributed by atoms with Crippen molar-refractivity contribution in [3.63, 3.8) is 0 Å². The maximum atomic E-state index is 11.9. The van der Waals surface area contributed by atoms with Crippen molar-refractivity contribution in [3.8, 4) is 0 Å². The van der Waals surface area contributed by atoms with E-state index in [-0.39, 0.29) is 11.7 Å². The molecule has 120 valence electrons. The van der Waals surface area contributed by atoms with Crippen LogP contribution in [0.5, 0.6) is 0 Å². The van der Waals surface area contributed by atoms with Gasteiger partial charge >= 0.3 is 0 Å². The van der Waals surface area contributed by atoms with Crippen molar-refractivity contribution in [2.75, 3.05) is 31.1 Å². The van der Waals surface area contributed by atoms with Gasteiger partial charge in [0, 0.05) is 12.1 Å². The number of carbonyl (C=O) groups excluding carboxylic acids is 2. The Balaban J connectivity index is 1.55. The van der Waals surface area contributed by atoms with Crippen LogP contribution in [0.25, 0.3) is 0 Å². The number of ketones is 1. The molecule has 1 heterocycles. The Hall–Kier alpha value is -1.33. The molecule has 0 saturated carbocycles. The largest absolute Gasteiger partial charge is 0.355 e. The van der Waals surface area contributed by atoms with Crippen LogP contribution in [0.3, 0.4) is 0 Å². The molecule has 0 spiro atoms. The first-order valence-corrected chi connectivity index (χ1v) is 9.04. The molecule has 2 rings (SSSR count). The Morgan fingerprint density at radius 1 is 1.23 bits per heavy atom. The number of amides is 1. The topological polar surface area (TPSA) is 58.2 Å². The van der Waals surface area contributed by atoms with Crippen LogP contribution >= 0.6 is 11.8 Å². The molecule has 22 heavy (non-hydrogen) atoms. The minimum atomic E-state index is 0.0228. The fraction of sp³-hybridized carbons (Fsp3) is 0.529. The number of carbonyl (C=O) groups is 2. The highest BCUT2D eigenvalue weighted by Gasteiger charge is 2.13. The van der Waals surface area contributed by atoms with Crippen molar-refractivity contribution in [1.29, 1.82) is 0 Å². The van der Waals surface area contributed by atoms with Gasteiger partial charge in [-0.15, -0.1) is 11.8 Å². The van der Waals surface area contributed by atoms with Gasteiger partial charge in [-0.2, -0.15) is 0 Å². The smallest absolute Gasteiger partial charge is 0.230 e. The lowest BCUT2D eigenvalue weighted by Gasteiger charge is -2.22. The van der Waals surface area contributed by atoms with Crippen LogP contribution < -0.4 is 10.6 Å². The molecule has 1 saturated heterocycles. The summed E-state index contributed by atoms with van der Waals surface area (Å²) in [7, 11) is 0. The lowest BCUT2D eigenvalue weighted by molar-refractivity contribution is -0.118. The van der Waals surface area contributed by atoms with E-state index in [0.29, 0.717) is 23.0 Å². The van der Waals surface area contributed by atoms with E-state index in [1.807, 2.05) is 18.2 Å². The van der Waals surface area contributed by atoms with Crippen LogP contribution in [0.15, 0.2) is 30.3 Å². The third-order valence-corrected chi connectivity index (χ3v) is 4.77. The molecule has 0 bridgehead atoms. The lowest BCUT2D eigenvalue weighted by Crippen LogP contribution is -2.33. The Bertz CT molecular complexity index is 473. The third-order valence-electron chi connectivity index (χ3n) is 3.84. The number of thioether (sulfide) groups is 1.